The van der Waals surface area contributed by atoms with Gasteiger partial charge in [-0.2, -0.15) is 0 Å². The second kappa shape index (κ2) is 3.42. The van der Waals surface area contributed by atoms with Crippen LogP contribution in [0.2, 0.25) is 0 Å². The summed E-state index contributed by atoms with van der Waals surface area (Å²) in [6.45, 7) is 0. The number of halogens is 2. The van der Waals surface area contributed by atoms with Gasteiger partial charge >= 0.3 is 0 Å². The monoisotopic (exact) mass is 168 g/mol. The first kappa shape index (κ1) is 8.39. The SMILES string of the molecule is N/C(Cl)=N\C(N)=C(/N)Cl. The van der Waals surface area contributed by atoms with Gasteiger partial charge in [-0.3, -0.25) is 0 Å². The Morgan fingerprint density at radius 2 is 1.56 bits per heavy atom. The zero-order valence-corrected chi connectivity index (χ0v) is 5.95. The Labute approximate surface area is 62.3 Å². The molecule has 0 fully saturated rings. The number of nitrogens with zero attached hydrogens (tertiary/aromatic N) is 1. The van der Waals surface area contributed by atoms with Gasteiger partial charge in [0.05, 0.1) is 0 Å². The zero-order valence-electron chi connectivity index (χ0n) is 4.44. The third-order valence-electron chi connectivity index (χ3n) is 0.472. The molecule has 0 saturated heterocycles. The van der Waals surface area contributed by atoms with Crippen molar-refractivity contribution in [1.82, 2.24) is 0 Å². The topological polar surface area (TPSA) is 90.4 Å². The number of hydrogen-bond acceptors (Lipinski definition) is 3. The maximum atomic E-state index is 5.18. The fourth-order valence-electron chi connectivity index (χ4n) is 0.168. The quantitative estimate of drug-likeness (QED) is 0.289. The molecule has 0 radical (unpaired) electrons. The van der Waals surface area contributed by atoms with Crippen molar-refractivity contribution in [2.45, 2.75) is 0 Å². The highest BCUT2D eigenvalue weighted by molar-refractivity contribution is 6.64. The van der Waals surface area contributed by atoms with Gasteiger partial charge in [-0.05, 0) is 11.6 Å². The Hall–Kier alpha value is -0.610. The van der Waals surface area contributed by atoms with Crippen LogP contribution >= 0.6 is 23.2 Å². The van der Waals surface area contributed by atoms with Gasteiger partial charge in [-0.15, -0.1) is 0 Å². The normalized spacial score (nSPS) is 15.1. The molecule has 4 nitrogen and oxygen atoms in total. The van der Waals surface area contributed by atoms with Crippen LogP contribution in [0.5, 0.6) is 0 Å². The minimum atomic E-state index is -0.198. The summed E-state index contributed by atoms with van der Waals surface area (Å²) in [5, 5.41) is -0.324. The summed E-state index contributed by atoms with van der Waals surface area (Å²) in [7, 11) is 0. The molecule has 0 amide bonds. The third kappa shape index (κ3) is 3.93. The van der Waals surface area contributed by atoms with Crippen molar-refractivity contribution in [2.24, 2.45) is 22.2 Å². The summed E-state index contributed by atoms with van der Waals surface area (Å²) in [6, 6.07) is 0. The largest absolute Gasteiger partial charge is 0.386 e. The lowest BCUT2D eigenvalue weighted by molar-refractivity contribution is 1.19. The van der Waals surface area contributed by atoms with Crippen LogP contribution in [-0.2, 0) is 0 Å². The molecular weight excluding hydrogens is 163 g/mol. The first-order chi connectivity index (χ1) is 4.04. The van der Waals surface area contributed by atoms with E-state index in [1.54, 1.807) is 0 Å². The Morgan fingerprint density at radius 3 is 1.67 bits per heavy atom. The third-order valence-corrected chi connectivity index (χ3v) is 0.750. The van der Waals surface area contributed by atoms with Gasteiger partial charge < -0.3 is 17.2 Å². The predicted molar refractivity (Wildman–Crippen MR) is 38.7 cm³/mol. The summed E-state index contributed by atoms with van der Waals surface area (Å²) in [5.41, 5.74) is 15.0. The number of aliphatic imine (C=N–C) groups is 1. The molecule has 0 heterocycles. The second-order valence-electron chi connectivity index (χ2n) is 1.17. The van der Waals surface area contributed by atoms with E-state index >= 15 is 0 Å². The van der Waals surface area contributed by atoms with E-state index in [1.807, 2.05) is 0 Å². The maximum Gasteiger partial charge on any atom is 0.195 e. The molecule has 0 bridgehead atoms. The number of rotatable bonds is 1. The average Bonchev–Trinajstić information content (AvgIpc) is 1.63. The molecule has 0 unspecified atom stereocenters. The van der Waals surface area contributed by atoms with Crippen LogP contribution in [-0.4, -0.2) is 5.29 Å². The van der Waals surface area contributed by atoms with Gasteiger partial charge in [0, 0.05) is 0 Å². The minimum Gasteiger partial charge on any atom is -0.386 e. The van der Waals surface area contributed by atoms with Crippen molar-refractivity contribution < 1.29 is 0 Å². The number of hydrogen-bond donors (Lipinski definition) is 3. The van der Waals surface area contributed by atoms with E-state index in [-0.39, 0.29) is 16.3 Å². The highest BCUT2D eigenvalue weighted by Crippen LogP contribution is 1.97. The molecule has 0 aliphatic heterocycles. The second-order valence-corrected chi connectivity index (χ2v) is 1.96. The molecule has 0 aliphatic carbocycles. The van der Waals surface area contributed by atoms with Gasteiger partial charge in [-0.25, -0.2) is 4.99 Å². The average molecular weight is 169 g/mol. The van der Waals surface area contributed by atoms with Crippen LogP contribution in [0.4, 0.5) is 0 Å². The first-order valence-corrected chi connectivity index (χ1v) is 2.70. The molecule has 6 heteroatoms. The fourth-order valence-corrected chi connectivity index (χ4v) is 0.302. The summed E-state index contributed by atoms with van der Waals surface area (Å²) in [4.78, 5) is 3.34. The Balaban J connectivity index is 4.25. The zero-order chi connectivity index (χ0) is 7.44. The molecule has 0 rings (SSSR count). The number of nitrogens with two attached hydrogens (primary N) is 3. The van der Waals surface area contributed by atoms with Crippen molar-refractivity contribution in [1.29, 1.82) is 0 Å². The maximum absolute atomic E-state index is 5.18. The summed E-state index contributed by atoms with van der Waals surface area (Å²) >= 11 is 10.3. The van der Waals surface area contributed by atoms with E-state index < -0.39 is 0 Å². The lowest BCUT2D eigenvalue weighted by Crippen LogP contribution is -2.09. The van der Waals surface area contributed by atoms with Crippen molar-refractivity contribution >= 4 is 28.5 Å². The van der Waals surface area contributed by atoms with Crippen molar-refractivity contribution in [3.63, 3.8) is 0 Å². The molecule has 9 heavy (non-hydrogen) atoms. The fraction of sp³-hybridized carbons (Fsp3) is 0. The van der Waals surface area contributed by atoms with E-state index in [2.05, 4.69) is 4.99 Å². The van der Waals surface area contributed by atoms with Crippen molar-refractivity contribution in [3.05, 3.63) is 11.0 Å². The molecular formula is C3H6Cl2N4. The standard InChI is InChI=1S/C3H6Cl2N4/c4-1(6)2(7)9-3(5)8/h6-7H2,(H2,8,9)/b2-1-. The van der Waals surface area contributed by atoms with E-state index in [0.29, 0.717) is 0 Å². The summed E-state index contributed by atoms with van der Waals surface area (Å²) in [5.74, 6) is -0.0795. The predicted octanol–water partition coefficient (Wildman–Crippen LogP) is -0.177. The van der Waals surface area contributed by atoms with Crippen molar-refractivity contribution in [3.8, 4) is 0 Å². The molecule has 52 valence electrons. The molecule has 0 aliphatic rings. The van der Waals surface area contributed by atoms with Crippen LogP contribution in [0.15, 0.2) is 16.0 Å². The van der Waals surface area contributed by atoms with E-state index in [0.717, 1.165) is 0 Å². The Kier molecular flexibility index (Phi) is 3.19. The lowest BCUT2D eigenvalue weighted by atomic mass is 10.8. The van der Waals surface area contributed by atoms with Gasteiger partial charge in [-0.1, -0.05) is 11.6 Å². The van der Waals surface area contributed by atoms with Gasteiger partial charge in [0.15, 0.2) is 11.1 Å². The molecule has 6 N–H and O–H groups in total. The minimum absolute atomic E-state index is 0.0795. The summed E-state index contributed by atoms with van der Waals surface area (Å²) in [6.07, 6.45) is 0. The highest BCUT2D eigenvalue weighted by atomic mass is 35.5. The van der Waals surface area contributed by atoms with E-state index in [9.17, 15) is 0 Å². The molecule has 0 saturated carbocycles. The molecule has 0 atom stereocenters. The van der Waals surface area contributed by atoms with Gasteiger partial charge in [0.25, 0.3) is 0 Å². The van der Waals surface area contributed by atoms with Crippen LogP contribution < -0.4 is 17.2 Å². The van der Waals surface area contributed by atoms with E-state index in [4.69, 9.17) is 40.4 Å². The first-order valence-electron chi connectivity index (χ1n) is 1.94. The van der Waals surface area contributed by atoms with Crippen LogP contribution in [0.3, 0.4) is 0 Å². The molecule has 0 spiro atoms. The molecule has 0 aromatic heterocycles. The Morgan fingerprint density at radius 1 is 1.11 bits per heavy atom. The van der Waals surface area contributed by atoms with Crippen LogP contribution in [0.1, 0.15) is 0 Å². The number of amidine groups is 1. The van der Waals surface area contributed by atoms with Crippen molar-refractivity contribution in [2.75, 3.05) is 0 Å². The van der Waals surface area contributed by atoms with Crippen LogP contribution in [0, 0.1) is 0 Å². The van der Waals surface area contributed by atoms with E-state index in [1.165, 1.54) is 0 Å². The molecule has 0 aromatic rings. The Bertz CT molecular complexity index is 153. The van der Waals surface area contributed by atoms with Gasteiger partial charge in [0.1, 0.15) is 5.16 Å². The smallest absolute Gasteiger partial charge is 0.195 e. The van der Waals surface area contributed by atoms with Crippen LogP contribution in [0.25, 0.3) is 0 Å². The molecule has 0 aromatic carbocycles. The lowest BCUT2D eigenvalue weighted by Gasteiger charge is -1.92. The highest BCUT2D eigenvalue weighted by Gasteiger charge is 1.91. The van der Waals surface area contributed by atoms with Gasteiger partial charge in [0.2, 0.25) is 0 Å². The summed E-state index contributed by atoms with van der Waals surface area (Å²) < 4.78 is 0.